The van der Waals surface area contributed by atoms with E-state index in [1.165, 1.54) is 12.0 Å². The van der Waals surface area contributed by atoms with E-state index in [1.807, 2.05) is 33.8 Å². The van der Waals surface area contributed by atoms with Crippen molar-refractivity contribution in [1.29, 1.82) is 0 Å². The highest BCUT2D eigenvalue weighted by atomic mass is 16.5. The molecule has 2 heteroatoms. The molecule has 0 aliphatic carbocycles. The molecule has 0 atom stereocenters. The molecular weight excluding hydrogens is 488 g/mol. The first kappa shape index (κ1) is 55.1. The van der Waals surface area contributed by atoms with Crippen LogP contribution in [-0.4, -0.2) is 24.9 Å². The zero-order valence-electron chi connectivity index (χ0n) is 30.7. The summed E-state index contributed by atoms with van der Waals surface area (Å²) in [5.41, 5.74) is 3.05. The second-order valence-electron chi connectivity index (χ2n) is 16.3. The minimum atomic E-state index is 0. The molecule has 0 saturated heterocycles. The molecular formula is C38H84O2. The number of hydrogen-bond donors (Lipinski definition) is 0. The van der Waals surface area contributed by atoms with Gasteiger partial charge < -0.3 is 9.47 Å². The molecule has 0 spiro atoms. The van der Waals surface area contributed by atoms with Crippen LogP contribution in [0, 0.1) is 16.2 Å². The first-order chi connectivity index (χ1) is 16.5. The molecule has 1 aromatic rings. The van der Waals surface area contributed by atoms with Gasteiger partial charge in [-0.3, -0.25) is 0 Å². The Balaban J connectivity index is -0.0000000657. The SMILES string of the molecule is C.C.CC(C)(C)C.CC(C)(C)C.CC(C)c1ccccc1.CCC(C)(C)C.CCOC(C)(C)C.COC(C)(C)C. The van der Waals surface area contributed by atoms with Crippen molar-refractivity contribution in [2.24, 2.45) is 16.2 Å². The number of benzene rings is 1. The quantitative estimate of drug-likeness (QED) is 0.351. The molecule has 0 amide bonds. The third kappa shape index (κ3) is 109. The summed E-state index contributed by atoms with van der Waals surface area (Å²) in [6.45, 7) is 45.9. The fourth-order valence-corrected chi connectivity index (χ4v) is 1.27. The highest BCUT2D eigenvalue weighted by Crippen LogP contribution is 2.16. The summed E-state index contributed by atoms with van der Waals surface area (Å²) in [5.74, 6) is 0.659. The second kappa shape index (κ2) is 27.0. The Bertz CT molecular complexity index is 542. The molecule has 2 nitrogen and oxygen atoms in total. The molecule has 1 rings (SSSR count). The fraction of sp³-hybridized carbons (Fsp3) is 0.842. The van der Waals surface area contributed by atoms with E-state index in [9.17, 15) is 0 Å². The summed E-state index contributed by atoms with van der Waals surface area (Å²) in [4.78, 5) is 0. The van der Waals surface area contributed by atoms with Gasteiger partial charge >= 0.3 is 0 Å². The normalized spacial score (nSPS) is 11.0. The highest BCUT2D eigenvalue weighted by molar-refractivity contribution is 5.17. The van der Waals surface area contributed by atoms with Crippen LogP contribution in [0.5, 0.6) is 0 Å². The van der Waals surface area contributed by atoms with E-state index in [0.717, 1.165) is 6.61 Å². The first-order valence-electron chi connectivity index (χ1n) is 14.7. The summed E-state index contributed by atoms with van der Waals surface area (Å²) in [6.07, 6.45) is 1.27. The lowest BCUT2D eigenvalue weighted by molar-refractivity contribution is 0.00531. The van der Waals surface area contributed by atoms with Crippen molar-refractivity contribution < 1.29 is 9.47 Å². The topological polar surface area (TPSA) is 18.5 Å². The van der Waals surface area contributed by atoms with Crippen LogP contribution in [-0.2, 0) is 9.47 Å². The highest BCUT2D eigenvalue weighted by Gasteiger charge is 2.06. The van der Waals surface area contributed by atoms with Crippen molar-refractivity contribution in [2.45, 2.75) is 184 Å². The van der Waals surface area contributed by atoms with Gasteiger partial charge in [0.05, 0.1) is 11.2 Å². The minimum absolute atomic E-state index is 0. The van der Waals surface area contributed by atoms with Gasteiger partial charge in [-0.15, -0.1) is 0 Å². The van der Waals surface area contributed by atoms with Gasteiger partial charge in [0.25, 0.3) is 0 Å². The molecule has 0 fully saturated rings. The van der Waals surface area contributed by atoms with Gasteiger partial charge in [-0.05, 0) is 76.2 Å². The van der Waals surface area contributed by atoms with E-state index in [0.29, 0.717) is 22.2 Å². The van der Waals surface area contributed by atoms with E-state index in [-0.39, 0.29) is 26.1 Å². The lowest BCUT2D eigenvalue weighted by Crippen LogP contribution is -2.18. The van der Waals surface area contributed by atoms with Crippen molar-refractivity contribution in [3.63, 3.8) is 0 Å². The van der Waals surface area contributed by atoms with Gasteiger partial charge in [-0.25, -0.2) is 0 Å². The third-order valence-corrected chi connectivity index (χ3v) is 3.72. The Morgan fingerprint density at radius 1 is 0.575 bits per heavy atom. The standard InChI is InChI=1S/C9H12.C6H14O.C6H14.C5H12O.2C5H12.2CH4/c1-8(2)9-6-4-3-5-7-9;1-5-7-6(2,3)4;1-5-6(2,3)4;1-5(2,3)6-4;2*1-5(2,3)4;;/h3-8H,1-2H3;5H2,1-4H3;5H2,1-4H3;1-4H3;2*1-4H3;2*1H4. The van der Waals surface area contributed by atoms with Gasteiger partial charge in [0.15, 0.2) is 0 Å². The maximum Gasteiger partial charge on any atom is 0.0598 e. The van der Waals surface area contributed by atoms with Crippen molar-refractivity contribution in [2.75, 3.05) is 13.7 Å². The second-order valence-corrected chi connectivity index (χ2v) is 16.3. The Hall–Kier alpha value is -0.860. The molecule has 0 aliphatic rings. The molecule has 0 aromatic heterocycles. The fourth-order valence-electron chi connectivity index (χ4n) is 1.27. The minimum Gasteiger partial charge on any atom is -0.379 e. The zero-order chi connectivity index (χ0) is 32.0. The van der Waals surface area contributed by atoms with Gasteiger partial charge in [-0.2, -0.15) is 0 Å². The van der Waals surface area contributed by atoms with Crippen molar-refractivity contribution >= 4 is 0 Å². The Morgan fingerprint density at radius 3 is 0.900 bits per heavy atom. The van der Waals surface area contributed by atoms with E-state index >= 15 is 0 Å². The molecule has 40 heavy (non-hydrogen) atoms. The van der Waals surface area contributed by atoms with Crippen LogP contribution < -0.4 is 0 Å². The van der Waals surface area contributed by atoms with Gasteiger partial charge in [0.1, 0.15) is 0 Å². The lowest BCUT2D eigenvalue weighted by atomic mass is 9.94. The zero-order valence-corrected chi connectivity index (χ0v) is 30.7. The summed E-state index contributed by atoms with van der Waals surface area (Å²) < 4.78 is 10.2. The van der Waals surface area contributed by atoms with Crippen LogP contribution in [0.4, 0.5) is 0 Å². The Labute approximate surface area is 258 Å². The molecule has 0 heterocycles. The van der Waals surface area contributed by atoms with E-state index in [1.54, 1.807) is 7.11 Å². The van der Waals surface area contributed by atoms with E-state index in [2.05, 4.69) is 142 Å². The molecule has 0 saturated carbocycles. The van der Waals surface area contributed by atoms with Gasteiger partial charge in [-0.1, -0.05) is 149 Å². The lowest BCUT2D eigenvalue weighted by Gasteiger charge is -2.17. The predicted octanol–water partition coefficient (Wildman–Crippen LogP) is 13.9. The van der Waals surface area contributed by atoms with Crippen LogP contribution >= 0.6 is 0 Å². The van der Waals surface area contributed by atoms with Crippen molar-refractivity contribution in [3.05, 3.63) is 35.9 Å². The molecule has 0 unspecified atom stereocenters. The Morgan fingerprint density at radius 2 is 0.825 bits per heavy atom. The monoisotopic (exact) mass is 573 g/mol. The molecule has 0 N–H and O–H groups in total. The largest absolute Gasteiger partial charge is 0.379 e. The van der Waals surface area contributed by atoms with Gasteiger partial charge in [0.2, 0.25) is 0 Å². The first-order valence-corrected chi connectivity index (χ1v) is 14.7. The average Bonchev–Trinajstić information content (AvgIpc) is 2.65. The summed E-state index contributed by atoms with van der Waals surface area (Å²) in [5, 5.41) is 0. The number of ether oxygens (including phenoxy) is 2. The van der Waals surface area contributed by atoms with Gasteiger partial charge in [0, 0.05) is 13.7 Å². The van der Waals surface area contributed by atoms with Crippen LogP contribution in [0.2, 0.25) is 0 Å². The van der Waals surface area contributed by atoms with Crippen LogP contribution in [0.25, 0.3) is 0 Å². The summed E-state index contributed by atoms with van der Waals surface area (Å²) >= 11 is 0. The number of methoxy groups -OCH3 is 1. The molecule has 0 bridgehead atoms. The van der Waals surface area contributed by atoms with Crippen LogP contribution in [0.15, 0.2) is 30.3 Å². The number of rotatable bonds is 2. The maximum atomic E-state index is 5.23. The van der Waals surface area contributed by atoms with Crippen LogP contribution in [0.1, 0.15) is 178 Å². The van der Waals surface area contributed by atoms with Crippen molar-refractivity contribution in [3.8, 4) is 0 Å². The molecule has 0 radical (unpaired) electrons. The molecule has 0 aliphatic heterocycles. The predicted molar refractivity (Wildman–Crippen MR) is 192 cm³/mol. The Kier molecular flexibility index (Phi) is 37.2. The third-order valence-electron chi connectivity index (χ3n) is 3.72. The number of hydrogen-bond acceptors (Lipinski definition) is 2. The van der Waals surface area contributed by atoms with Crippen molar-refractivity contribution in [1.82, 2.24) is 0 Å². The van der Waals surface area contributed by atoms with Crippen LogP contribution in [0.3, 0.4) is 0 Å². The maximum absolute atomic E-state index is 5.23. The van der Waals surface area contributed by atoms with E-state index < -0.39 is 0 Å². The van der Waals surface area contributed by atoms with E-state index in [4.69, 9.17) is 9.47 Å². The summed E-state index contributed by atoms with van der Waals surface area (Å²) in [6, 6.07) is 10.5. The summed E-state index contributed by atoms with van der Waals surface area (Å²) in [7, 11) is 1.71. The smallest absolute Gasteiger partial charge is 0.0598 e. The average molecular weight is 573 g/mol. The molecule has 248 valence electrons. The molecule has 1 aromatic carbocycles.